The van der Waals surface area contributed by atoms with Crippen molar-refractivity contribution in [2.24, 2.45) is 0 Å². The van der Waals surface area contributed by atoms with Crippen molar-refractivity contribution < 1.29 is 19.0 Å². The summed E-state index contributed by atoms with van der Waals surface area (Å²) >= 11 is 0. The second-order valence-electron chi connectivity index (χ2n) is 6.07. The molecule has 1 aromatic heterocycles. The van der Waals surface area contributed by atoms with E-state index in [0.717, 1.165) is 30.9 Å². The number of nitrogens with zero attached hydrogens (tertiary/aromatic N) is 2. The van der Waals surface area contributed by atoms with E-state index in [2.05, 4.69) is 10.2 Å². The number of likely N-dealkylation sites (N-methyl/N-ethyl adjacent to an activating group) is 1. The molecule has 0 saturated carbocycles. The van der Waals surface area contributed by atoms with Gasteiger partial charge in [0, 0.05) is 26.3 Å². The average Bonchev–Trinajstić information content (AvgIpc) is 3.31. The first-order valence-electron chi connectivity index (χ1n) is 8.34. The fourth-order valence-electron chi connectivity index (χ4n) is 2.77. The molecule has 134 valence electrons. The molecule has 7 nitrogen and oxygen atoms in total. The number of aromatic amines is 1. The summed E-state index contributed by atoms with van der Waals surface area (Å²) in [7, 11) is 3.38. The fraction of sp³-hybridized carbons (Fsp3) is 0.444. The molecule has 0 spiro atoms. The molecule has 2 heterocycles. The quantitative estimate of drug-likeness (QED) is 0.833. The maximum Gasteiger partial charge on any atom is 0.274 e. The molecule has 1 atom stereocenters. The summed E-state index contributed by atoms with van der Waals surface area (Å²) in [5.74, 6) is 1.30. The Balaban J connectivity index is 1.54. The van der Waals surface area contributed by atoms with Crippen molar-refractivity contribution in [1.29, 1.82) is 0 Å². The Hall–Kier alpha value is -2.54. The Morgan fingerprint density at radius 3 is 3.00 bits per heavy atom. The Labute approximate surface area is 146 Å². The van der Waals surface area contributed by atoms with Crippen molar-refractivity contribution in [2.75, 3.05) is 27.3 Å². The van der Waals surface area contributed by atoms with Gasteiger partial charge in [-0.2, -0.15) is 5.10 Å². The number of benzene rings is 1. The molecule has 1 N–H and O–H groups in total. The third-order valence-electron chi connectivity index (χ3n) is 4.13. The lowest BCUT2D eigenvalue weighted by Crippen LogP contribution is -2.34. The monoisotopic (exact) mass is 345 g/mol. The molecular formula is C18H23N3O4. The molecule has 7 heteroatoms. The second kappa shape index (κ2) is 8.02. The van der Waals surface area contributed by atoms with E-state index in [-0.39, 0.29) is 12.0 Å². The van der Waals surface area contributed by atoms with Gasteiger partial charge in [0.05, 0.1) is 18.9 Å². The van der Waals surface area contributed by atoms with E-state index in [4.69, 9.17) is 14.2 Å². The number of hydrogen-bond acceptors (Lipinski definition) is 5. The first-order chi connectivity index (χ1) is 12.2. The zero-order valence-corrected chi connectivity index (χ0v) is 14.5. The van der Waals surface area contributed by atoms with Gasteiger partial charge in [-0.25, -0.2) is 0 Å². The second-order valence-corrected chi connectivity index (χ2v) is 6.07. The number of rotatable bonds is 7. The summed E-state index contributed by atoms with van der Waals surface area (Å²) in [5, 5.41) is 6.95. The van der Waals surface area contributed by atoms with Crippen molar-refractivity contribution >= 4 is 5.91 Å². The van der Waals surface area contributed by atoms with Crippen LogP contribution in [0.1, 0.15) is 29.0 Å². The Morgan fingerprint density at radius 2 is 2.24 bits per heavy atom. The van der Waals surface area contributed by atoms with Gasteiger partial charge in [-0.05, 0) is 31.0 Å². The van der Waals surface area contributed by atoms with Gasteiger partial charge in [-0.3, -0.25) is 9.89 Å². The Bertz CT molecular complexity index is 710. The zero-order valence-electron chi connectivity index (χ0n) is 14.5. The normalized spacial score (nSPS) is 16.6. The third kappa shape index (κ3) is 4.51. The van der Waals surface area contributed by atoms with Crippen LogP contribution in [0.4, 0.5) is 0 Å². The van der Waals surface area contributed by atoms with E-state index in [0.29, 0.717) is 24.6 Å². The first kappa shape index (κ1) is 17.3. The highest BCUT2D eigenvalue weighted by Crippen LogP contribution is 2.20. The van der Waals surface area contributed by atoms with Crippen LogP contribution in [0.5, 0.6) is 11.5 Å². The van der Waals surface area contributed by atoms with Crippen molar-refractivity contribution in [1.82, 2.24) is 15.1 Å². The maximum absolute atomic E-state index is 12.4. The average molecular weight is 345 g/mol. The van der Waals surface area contributed by atoms with Crippen molar-refractivity contribution in [3.63, 3.8) is 0 Å². The highest BCUT2D eigenvalue weighted by molar-refractivity contribution is 5.92. The minimum atomic E-state index is -0.126. The number of hydrogen-bond donors (Lipinski definition) is 1. The van der Waals surface area contributed by atoms with Gasteiger partial charge in [0.1, 0.15) is 18.1 Å². The number of methoxy groups -OCH3 is 1. The van der Waals surface area contributed by atoms with Crippen LogP contribution in [0.2, 0.25) is 0 Å². The molecule has 0 unspecified atom stereocenters. The molecule has 1 aliphatic rings. The topological polar surface area (TPSA) is 76.7 Å². The van der Waals surface area contributed by atoms with Crippen LogP contribution in [0.25, 0.3) is 0 Å². The van der Waals surface area contributed by atoms with Crippen LogP contribution in [0.15, 0.2) is 30.3 Å². The predicted molar refractivity (Wildman–Crippen MR) is 91.8 cm³/mol. The molecule has 1 aromatic carbocycles. The first-order valence-corrected chi connectivity index (χ1v) is 8.34. The van der Waals surface area contributed by atoms with E-state index in [9.17, 15) is 4.79 Å². The maximum atomic E-state index is 12.4. The van der Waals surface area contributed by atoms with Gasteiger partial charge in [0.15, 0.2) is 5.69 Å². The van der Waals surface area contributed by atoms with E-state index in [1.54, 1.807) is 31.2 Å². The molecule has 0 bridgehead atoms. The van der Waals surface area contributed by atoms with Crippen LogP contribution in [-0.4, -0.2) is 54.4 Å². The van der Waals surface area contributed by atoms with Crippen molar-refractivity contribution in [3.8, 4) is 11.5 Å². The summed E-state index contributed by atoms with van der Waals surface area (Å²) in [6.45, 7) is 1.66. The summed E-state index contributed by atoms with van der Waals surface area (Å²) in [5.41, 5.74) is 1.11. The lowest BCUT2D eigenvalue weighted by atomic mass is 10.2. The Morgan fingerprint density at radius 1 is 1.40 bits per heavy atom. The molecule has 1 amide bonds. The van der Waals surface area contributed by atoms with Crippen LogP contribution in [0, 0.1) is 0 Å². The van der Waals surface area contributed by atoms with Gasteiger partial charge < -0.3 is 19.1 Å². The molecule has 3 rings (SSSR count). The van der Waals surface area contributed by atoms with Crippen LogP contribution < -0.4 is 9.47 Å². The third-order valence-corrected chi connectivity index (χ3v) is 4.13. The molecule has 0 aliphatic carbocycles. The smallest absolute Gasteiger partial charge is 0.274 e. The lowest BCUT2D eigenvalue weighted by Gasteiger charge is -2.19. The zero-order chi connectivity index (χ0) is 17.6. The van der Waals surface area contributed by atoms with E-state index in [1.165, 1.54) is 0 Å². The van der Waals surface area contributed by atoms with Gasteiger partial charge in [-0.15, -0.1) is 0 Å². The SMILES string of the molecule is COc1cccc(OCc2cc(C(=O)N(C)C[C@H]3CCCO3)n[nH]2)c1. The van der Waals surface area contributed by atoms with E-state index in [1.807, 2.05) is 18.2 Å². The minimum Gasteiger partial charge on any atom is -0.497 e. The van der Waals surface area contributed by atoms with Gasteiger partial charge in [0.2, 0.25) is 0 Å². The number of ether oxygens (including phenoxy) is 3. The molecule has 25 heavy (non-hydrogen) atoms. The standard InChI is InChI=1S/C18H23N3O4/c1-21(11-16-7-4-8-24-16)18(22)17-9-13(19-20-17)12-25-15-6-3-5-14(10-15)23-2/h3,5-6,9-10,16H,4,7-8,11-12H2,1-2H3,(H,19,20)/t16-/m1/s1. The number of nitrogens with one attached hydrogen (secondary N) is 1. The highest BCUT2D eigenvalue weighted by atomic mass is 16.5. The molecule has 2 aromatic rings. The van der Waals surface area contributed by atoms with Crippen LogP contribution in [0.3, 0.4) is 0 Å². The molecule has 0 radical (unpaired) electrons. The summed E-state index contributed by atoms with van der Waals surface area (Å²) in [6, 6.07) is 9.08. The van der Waals surface area contributed by atoms with E-state index >= 15 is 0 Å². The van der Waals surface area contributed by atoms with Crippen molar-refractivity contribution in [3.05, 3.63) is 41.7 Å². The Kier molecular flexibility index (Phi) is 5.55. The van der Waals surface area contributed by atoms with Crippen LogP contribution >= 0.6 is 0 Å². The largest absolute Gasteiger partial charge is 0.497 e. The number of aromatic nitrogens is 2. The van der Waals surface area contributed by atoms with Crippen molar-refractivity contribution in [2.45, 2.75) is 25.6 Å². The molecule has 1 saturated heterocycles. The summed E-state index contributed by atoms with van der Waals surface area (Å²) < 4.78 is 16.4. The van der Waals surface area contributed by atoms with Gasteiger partial charge in [-0.1, -0.05) is 6.07 Å². The minimum absolute atomic E-state index is 0.126. The number of amides is 1. The highest BCUT2D eigenvalue weighted by Gasteiger charge is 2.22. The molecular weight excluding hydrogens is 322 g/mol. The predicted octanol–water partition coefficient (Wildman–Crippen LogP) is 2.25. The number of carbonyl (C=O) groups excluding carboxylic acids is 1. The van der Waals surface area contributed by atoms with Gasteiger partial charge in [0.25, 0.3) is 5.91 Å². The summed E-state index contributed by atoms with van der Waals surface area (Å²) in [4.78, 5) is 14.1. The van der Waals surface area contributed by atoms with Crippen LogP contribution in [-0.2, 0) is 11.3 Å². The number of H-pyrrole nitrogens is 1. The molecule has 1 fully saturated rings. The van der Waals surface area contributed by atoms with E-state index < -0.39 is 0 Å². The number of carbonyl (C=O) groups is 1. The summed E-state index contributed by atoms with van der Waals surface area (Å²) in [6.07, 6.45) is 2.18. The molecule has 1 aliphatic heterocycles. The lowest BCUT2D eigenvalue weighted by molar-refractivity contribution is 0.0582. The fourth-order valence-corrected chi connectivity index (χ4v) is 2.77. The van der Waals surface area contributed by atoms with Gasteiger partial charge >= 0.3 is 0 Å².